The van der Waals surface area contributed by atoms with Gasteiger partial charge < -0.3 is 9.47 Å². The van der Waals surface area contributed by atoms with Crippen LogP contribution in [0.4, 0.5) is 0 Å². The Kier molecular flexibility index (Phi) is 12.2. The molecule has 0 spiro atoms. The lowest BCUT2D eigenvalue weighted by Gasteiger charge is -2.23. The zero-order valence-corrected chi connectivity index (χ0v) is 20.1. The predicted molar refractivity (Wildman–Crippen MR) is 129 cm³/mol. The second-order valence-electron chi connectivity index (χ2n) is 8.53. The smallest absolute Gasteiger partial charge is 0.200 e. The third-order valence-electron chi connectivity index (χ3n) is 5.51. The van der Waals surface area contributed by atoms with Crippen LogP contribution in [0, 0.1) is 0 Å². The fourth-order valence-electron chi connectivity index (χ4n) is 3.70. The minimum atomic E-state index is -0.199. The van der Waals surface area contributed by atoms with Gasteiger partial charge in [0.25, 0.3) is 0 Å². The topological polar surface area (TPSA) is 44.2 Å². The molecule has 0 radical (unpaired) electrons. The van der Waals surface area contributed by atoms with E-state index in [2.05, 4.69) is 37.7 Å². The van der Waals surface area contributed by atoms with Crippen molar-refractivity contribution in [1.29, 1.82) is 0 Å². The van der Waals surface area contributed by atoms with Crippen LogP contribution >= 0.6 is 0 Å². The summed E-state index contributed by atoms with van der Waals surface area (Å²) in [6.07, 6.45) is 17.0. The number of aromatic nitrogens is 2. The Hall–Kier alpha value is -1.94. The van der Waals surface area contributed by atoms with E-state index in [-0.39, 0.29) is 12.4 Å². The molecule has 1 aromatic carbocycles. The molecule has 0 unspecified atom stereocenters. The fourth-order valence-corrected chi connectivity index (χ4v) is 3.70. The van der Waals surface area contributed by atoms with Crippen LogP contribution in [0.2, 0.25) is 0 Å². The molecule has 1 heterocycles. The van der Waals surface area contributed by atoms with Crippen molar-refractivity contribution in [3.63, 3.8) is 0 Å². The second kappa shape index (κ2) is 15.0. The molecule has 1 aromatic heterocycles. The van der Waals surface area contributed by atoms with Gasteiger partial charge in [-0.05, 0) is 56.0 Å². The fraction of sp³-hybridized carbons (Fsp3) is 0.630. The Morgan fingerprint density at radius 1 is 0.774 bits per heavy atom. The molecule has 2 rings (SSSR count). The van der Waals surface area contributed by atoms with Gasteiger partial charge in [0.1, 0.15) is 5.75 Å². The first-order valence-electron chi connectivity index (χ1n) is 12.4. The molecule has 2 aromatic rings. The van der Waals surface area contributed by atoms with E-state index in [0.29, 0.717) is 0 Å². The molecule has 172 valence electrons. The van der Waals surface area contributed by atoms with Crippen LogP contribution < -0.4 is 4.74 Å². The third-order valence-corrected chi connectivity index (χ3v) is 5.51. The van der Waals surface area contributed by atoms with Crippen LogP contribution in [0.15, 0.2) is 36.7 Å². The van der Waals surface area contributed by atoms with Gasteiger partial charge in [-0.15, -0.1) is 0 Å². The Morgan fingerprint density at radius 2 is 1.42 bits per heavy atom. The SMILES string of the molecule is CCCCCCCCc1cnc(-c2ccc(O[C@@H](CCC)O[C@@H](C)CCC)cc2)nc1. The van der Waals surface area contributed by atoms with Crippen molar-refractivity contribution in [2.24, 2.45) is 0 Å². The van der Waals surface area contributed by atoms with E-state index in [9.17, 15) is 0 Å². The molecule has 0 N–H and O–H groups in total. The molecule has 4 nitrogen and oxygen atoms in total. The van der Waals surface area contributed by atoms with Crippen LogP contribution in [0.5, 0.6) is 5.75 Å². The maximum absolute atomic E-state index is 6.10. The first-order chi connectivity index (χ1) is 15.2. The highest BCUT2D eigenvalue weighted by atomic mass is 16.7. The lowest BCUT2D eigenvalue weighted by Crippen LogP contribution is -2.25. The van der Waals surface area contributed by atoms with Crippen LogP contribution in [0.25, 0.3) is 11.4 Å². The van der Waals surface area contributed by atoms with Crippen LogP contribution in [0.1, 0.15) is 97.5 Å². The number of hydrogen-bond acceptors (Lipinski definition) is 4. The molecule has 0 bridgehead atoms. The maximum atomic E-state index is 6.10. The number of unbranched alkanes of at least 4 members (excludes halogenated alkanes) is 5. The molecule has 0 saturated carbocycles. The molecule has 0 aliphatic carbocycles. The summed E-state index contributed by atoms with van der Waals surface area (Å²) in [6, 6.07) is 8.02. The van der Waals surface area contributed by atoms with Gasteiger partial charge in [0.2, 0.25) is 0 Å². The van der Waals surface area contributed by atoms with E-state index in [4.69, 9.17) is 9.47 Å². The highest BCUT2D eigenvalue weighted by molar-refractivity contribution is 5.55. The highest BCUT2D eigenvalue weighted by Crippen LogP contribution is 2.22. The summed E-state index contributed by atoms with van der Waals surface area (Å²) in [4.78, 5) is 9.16. The van der Waals surface area contributed by atoms with Gasteiger partial charge in [0.05, 0.1) is 6.10 Å². The quantitative estimate of drug-likeness (QED) is 0.203. The second-order valence-corrected chi connectivity index (χ2v) is 8.53. The van der Waals surface area contributed by atoms with Crippen molar-refractivity contribution >= 4 is 0 Å². The lowest BCUT2D eigenvalue weighted by molar-refractivity contribution is -0.119. The largest absolute Gasteiger partial charge is 0.465 e. The number of benzene rings is 1. The van der Waals surface area contributed by atoms with E-state index in [1.165, 1.54) is 44.1 Å². The molecule has 0 fully saturated rings. The Labute approximate surface area is 189 Å². The van der Waals surface area contributed by atoms with E-state index in [1.54, 1.807) is 0 Å². The van der Waals surface area contributed by atoms with Gasteiger partial charge in [-0.1, -0.05) is 65.7 Å². The van der Waals surface area contributed by atoms with Crippen molar-refractivity contribution < 1.29 is 9.47 Å². The summed E-state index contributed by atoms with van der Waals surface area (Å²) < 4.78 is 12.2. The average Bonchev–Trinajstić information content (AvgIpc) is 2.77. The summed E-state index contributed by atoms with van der Waals surface area (Å²) in [6.45, 7) is 8.70. The minimum Gasteiger partial charge on any atom is -0.465 e. The van der Waals surface area contributed by atoms with Gasteiger partial charge in [0.15, 0.2) is 12.1 Å². The summed E-state index contributed by atoms with van der Waals surface area (Å²) in [5.41, 5.74) is 2.23. The zero-order chi connectivity index (χ0) is 22.3. The maximum Gasteiger partial charge on any atom is 0.200 e. The molecule has 0 aliphatic heterocycles. The minimum absolute atomic E-state index is 0.199. The lowest BCUT2D eigenvalue weighted by atomic mass is 10.1. The number of rotatable bonds is 16. The Bertz CT molecular complexity index is 700. The van der Waals surface area contributed by atoms with Crippen LogP contribution in [-0.2, 0) is 11.2 Å². The normalized spacial score (nSPS) is 13.2. The van der Waals surface area contributed by atoms with Crippen molar-refractivity contribution in [2.75, 3.05) is 0 Å². The van der Waals surface area contributed by atoms with Crippen LogP contribution in [0.3, 0.4) is 0 Å². The van der Waals surface area contributed by atoms with Crippen molar-refractivity contribution in [3.8, 4) is 17.1 Å². The van der Waals surface area contributed by atoms with Gasteiger partial charge in [0, 0.05) is 24.4 Å². The first-order valence-corrected chi connectivity index (χ1v) is 12.4. The number of nitrogens with zero attached hydrogens (tertiary/aromatic N) is 2. The molecule has 0 amide bonds. The third kappa shape index (κ3) is 9.82. The standard InChI is InChI=1S/C27H42N2O2/c1-5-8-9-10-11-12-15-23-20-28-27(29-21-23)24-16-18-25(19-17-24)31-26(14-7-3)30-22(4)13-6-2/h16-22,26H,5-15H2,1-4H3/t22-,26-/m0/s1. The molecule has 2 atom stereocenters. The van der Waals surface area contributed by atoms with Gasteiger partial charge in [-0.2, -0.15) is 0 Å². The zero-order valence-electron chi connectivity index (χ0n) is 20.1. The molecule has 0 saturated heterocycles. The highest BCUT2D eigenvalue weighted by Gasteiger charge is 2.14. The van der Waals surface area contributed by atoms with Gasteiger partial charge >= 0.3 is 0 Å². The Morgan fingerprint density at radius 3 is 2.06 bits per heavy atom. The van der Waals surface area contributed by atoms with Gasteiger partial charge in [-0.3, -0.25) is 0 Å². The van der Waals surface area contributed by atoms with E-state index in [0.717, 1.165) is 49.2 Å². The van der Waals surface area contributed by atoms with Crippen molar-refractivity contribution in [1.82, 2.24) is 9.97 Å². The van der Waals surface area contributed by atoms with E-state index < -0.39 is 0 Å². The van der Waals surface area contributed by atoms with Gasteiger partial charge in [-0.25, -0.2) is 9.97 Å². The monoisotopic (exact) mass is 426 g/mol. The Balaban J connectivity index is 1.86. The molecule has 4 heteroatoms. The molecule has 0 aliphatic rings. The summed E-state index contributed by atoms with van der Waals surface area (Å²) in [5, 5.41) is 0. The van der Waals surface area contributed by atoms with Crippen molar-refractivity contribution in [2.45, 2.75) is 111 Å². The number of aryl methyl sites for hydroxylation is 1. The summed E-state index contributed by atoms with van der Waals surface area (Å²) in [7, 11) is 0. The van der Waals surface area contributed by atoms with Crippen molar-refractivity contribution in [3.05, 3.63) is 42.2 Å². The predicted octanol–water partition coefficient (Wildman–Crippen LogP) is 7.76. The van der Waals surface area contributed by atoms with E-state index >= 15 is 0 Å². The molecular weight excluding hydrogens is 384 g/mol. The van der Waals surface area contributed by atoms with E-state index in [1.807, 2.05) is 36.7 Å². The number of hydrogen-bond donors (Lipinski definition) is 0. The average molecular weight is 427 g/mol. The summed E-state index contributed by atoms with van der Waals surface area (Å²) >= 11 is 0. The molecule has 31 heavy (non-hydrogen) atoms. The van der Waals surface area contributed by atoms with Crippen LogP contribution in [-0.4, -0.2) is 22.4 Å². The number of ether oxygens (including phenoxy) is 2. The molecular formula is C27H42N2O2. The first kappa shape index (κ1) is 25.3. The summed E-state index contributed by atoms with van der Waals surface area (Å²) in [5.74, 6) is 1.58.